The third-order valence-corrected chi connectivity index (χ3v) is 6.77. The van der Waals surface area contributed by atoms with Gasteiger partial charge in [0.2, 0.25) is 10.0 Å². The van der Waals surface area contributed by atoms with Crippen LogP contribution in [0.1, 0.15) is 67.9 Å². The number of pyridine rings is 1. The SMILES string of the molecule is CC(C)(F)CNS(=O)(=O)c1cc2c(c3cnc(C4CC4)cc13)C(N)CC2N.Cl.Cl. The molecule has 162 valence electrons. The summed E-state index contributed by atoms with van der Waals surface area (Å²) in [6.07, 6.45) is 4.40. The monoisotopic (exact) mass is 464 g/mol. The van der Waals surface area contributed by atoms with E-state index < -0.39 is 15.7 Å². The molecule has 2 atom stereocenters. The van der Waals surface area contributed by atoms with E-state index in [1.165, 1.54) is 13.8 Å². The molecular weight excluding hydrogens is 438 g/mol. The molecular formula is C19H27Cl2FN4O2S. The van der Waals surface area contributed by atoms with Crippen molar-refractivity contribution < 1.29 is 12.8 Å². The quantitative estimate of drug-likeness (QED) is 0.627. The number of benzene rings is 1. The predicted octanol–water partition coefficient (Wildman–Crippen LogP) is 3.39. The Kier molecular flexibility index (Phi) is 6.89. The van der Waals surface area contributed by atoms with E-state index in [1.807, 2.05) is 6.07 Å². The summed E-state index contributed by atoms with van der Waals surface area (Å²) in [7, 11) is -3.92. The number of nitrogens with one attached hydrogen (secondary N) is 1. The van der Waals surface area contributed by atoms with Crippen molar-refractivity contribution in [2.45, 2.75) is 61.7 Å². The van der Waals surface area contributed by atoms with E-state index in [0.29, 0.717) is 17.7 Å². The van der Waals surface area contributed by atoms with E-state index in [2.05, 4.69) is 9.71 Å². The van der Waals surface area contributed by atoms with Crippen LogP contribution in [0.5, 0.6) is 0 Å². The van der Waals surface area contributed by atoms with Gasteiger partial charge < -0.3 is 11.5 Å². The van der Waals surface area contributed by atoms with Crippen molar-refractivity contribution in [1.82, 2.24) is 9.71 Å². The van der Waals surface area contributed by atoms with Gasteiger partial charge in [0, 0.05) is 47.2 Å². The number of rotatable bonds is 5. The molecule has 10 heteroatoms. The third-order valence-electron chi connectivity index (χ3n) is 5.32. The molecule has 1 heterocycles. The highest BCUT2D eigenvalue weighted by Gasteiger charge is 2.33. The Labute approximate surface area is 182 Å². The van der Waals surface area contributed by atoms with Crippen LogP contribution in [-0.4, -0.2) is 25.6 Å². The molecule has 0 saturated heterocycles. The normalized spacial score (nSPS) is 21.4. The van der Waals surface area contributed by atoms with E-state index >= 15 is 0 Å². The van der Waals surface area contributed by atoms with Crippen LogP contribution in [0, 0.1) is 0 Å². The van der Waals surface area contributed by atoms with Gasteiger partial charge in [-0.2, -0.15) is 0 Å². The molecule has 29 heavy (non-hydrogen) atoms. The average Bonchev–Trinajstić information content (AvgIpc) is 3.38. The number of hydrogen-bond donors (Lipinski definition) is 3. The predicted molar refractivity (Wildman–Crippen MR) is 117 cm³/mol. The topological polar surface area (TPSA) is 111 Å². The van der Waals surface area contributed by atoms with Crippen molar-refractivity contribution >= 4 is 45.6 Å². The molecule has 5 N–H and O–H groups in total. The summed E-state index contributed by atoms with van der Waals surface area (Å²) < 4.78 is 42.3. The molecule has 0 spiro atoms. The van der Waals surface area contributed by atoms with Crippen molar-refractivity contribution in [2.75, 3.05) is 6.54 Å². The van der Waals surface area contributed by atoms with Gasteiger partial charge in [-0.05, 0) is 56.4 Å². The van der Waals surface area contributed by atoms with Crippen LogP contribution in [0.2, 0.25) is 0 Å². The highest BCUT2D eigenvalue weighted by molar-refractivity contribution is 7.89. The molecule has 1 fully saturated rings. The molecule has 6 nitrogen and oxygen atoms in total. The summed E-state index contributed by atoms with van der Waals surface area (Å²) in [4.78, 5) is 4.66. The molecule has 0 radical (unpaired) electrons. The van der Waals surface area contributed by atoms with Crippen LogP contribution < -0.4 is 16.2 Å². The number of hydrogen-bond acceptors (Lipinski definition) is 5. The Morgan fingerprint density at radius 3 is 2.41 bits per heavy atom. The molecule has 2 aromatic rings. The Balaban J connectivity index is 0.00000150. The number of nitrogens with zero attached hydrogens (tertiary/aromatic N) is 1. The number of halogens is 3. The van der Waals surface area contributed by atoms with Gasteiger partial charge in [-0.25, -0.2) is 17.5 Å². The Morgan fingerprint density at radius 1 is 1.17 bits per heavy atom. The summed E-state index contributed by atoms with van der Waals surface area (Å²) >= 11 is 0. The molecule has 2 aliphatic rings. The van der Waals surface area contributed by atoms with Crippen LogP contribution in [0.15, 0.2) is 23.2 Å². The van der Waals surface area contributed by atoms with Crippen molar-refractivity contribution in [1.29, 1.82) is 0 Å². The van der Waals surface area contributed by atoms with E-state index in [-0.39, 0.29) is 48.3 Å². The van der Waals surface area contributed by atoms with E-state index in [0.717, 1.165) is 35.0 Å². The summed E-state index contributed by atoms with van der Waals surface area (Å²) in [5, 5.41) is 1.30. The minimum atomic E-state index is -3.92. The average molecular weight is 465 g/mol. The maximum atomic E-state index is 13.9. The number of sulfonamides is 1. The molecule has 1 aromatic carbocycles. The van der Waals surface area contributed by atoms with Gasteiger partial charge in [-0.15, -0.1) is 24.8 Å². The Hall–Kier alpha value is -1.03. The second-order valence-electron chi connectivity index (χ2n) is 8.30. The fourth-order valence-electron chi connectivity index (χ4n) is 3.75. The highest BCUT2D eigenvalue weighted by Crippen LogP contribution is 2.45. The first-order valence-corrected chi connectivity index (χ1v) is 10.7. The van der Waals surface area contributed by atoms with Gasteiger partial charge in [0.15, 0.2) is 0 Å². The molecule has 2 unspecified atom stereocenters. The minimum absolute atomic E-state index is 0. The zero-order valence-electron chi connectivity index (χ0n) is 16.3. The van der Waals surface area contributed by atoms with Gasteiger partial charge in [-0.1, -0.05) is 0 Å². The van der Waals surface area contributed by atoms with Crippen LogP contribution in [-0.2, 0) is 10.0 Å². The number of alkyl halides is 1. The molecule has 1 saturated carbocycles. The van der Waals surface area contributed by atoms with Crippen LogP contribution in [0.4, 0.5) is 4.39 Å². The van der Waals surface area contributed by atoms with Gasteiger partial charge in [0.25, 0.3) is 0 Å². The van der Waals surface area contributed by atoms with Crippen LogP contribution in [0.25, 0.3) is 10.8 Å². The molecule has 0 bridgehead atoms. The zero-order valence-corrected chi connectivity index (χ0v) is 18.8. The fourth-order valence-corrected chi connectivity index (χ4v) is 5.18. The second kappa shape index (κ2) is 8.24. The first-order valence-electron chi connectivity index (χ1n) is 9.23. The first-order chi connectivity index (χ1) is 12.6. The molecule has 1 aromatic heterocycles. The van der Waals surface area contributed by atoms with Gasteiger partial charge in [0.05, 0.1) is 4.90 Å². The lowest BCUT2D eigenvalue weighted by atomic mass is 9.99. The molecule has 0 amide bonds. The standard InChI is InChI=1S/C19H25FN4O2S.2ClH/c1-19(2,20)9-24-27(25,26)17-6-12-14(21)7-15(22)18(12)13-8-23-16(5-11(13)17)10-3-4-10;;/h5-6,8,10,14-15,24H,3-4,7,9,21-22H2,1-2H3;2*1H. The Morgan fingerprint density at radius 2 is 1.83 bits per heavy atom. The maximum Gasteiger partial charge on any atom is 0.241 e. The number of nitrogens with two attached hydrogens (primary N) is 2. The Bertz CT molecular complexity index is 1020. The summed E-state index contributed by atoms with van der Waals surface area (Å²) in [5.41, 5.74) is 13.3. The van der Waals surface area contributed by atoms with Crippen molar-refractivity contribution in [3.05, 3.63) is 35.2 Å². The summed E-state index contributed by atoms with van der Waals surface area (Å²) in [6, 6.07) is 2.88. The van der Waals surface area contributed by atoms with Crippen LogP contribution in [0.3, 0.4) is 0 Å². The summed E-state index contributed by atoms with van der Waals surface area (Å²) in [6.45, 7) is 2.36. The highest BCUT2D eigenvalue weighted by atomic mass is 35.5. The number of fused-ring (bicyclic) bond motifs is 3. The largest absolute Gasteiger partial charge is 0.324 e. The lowest BCUT2D eigenvalue weighted by molar-refractivity contribution is 0.221. The fraction of sp³-hybridized carbons (Fsp3) is 0.526. The molecule has 0 aliphatic heterocycles. The summed E-state index contributed by atoms with van der Waals surface area (Å²) in [5.74, 6) is 0.381. The van der Waals surface area contributed by atoms with E-state index in [1.54, 1.807) is 12.3 Å². The van der Waals surface area contributed by atoms with Crippen LogP contribution >= 0.6 is 24.8 Å². The van der Waals surface area contributed by atoms with Crippen molar-refractivity contribution in [3.63, 3.8) is 0 Å². The third kappa shape index (κ3) is 4.68. The lowest BCUT2D eigenvalue weighted by Crippen LogP contribution is -2.35. The number of aromatic nitrogens is 1. The van der Waals surface area contributed by atoms with E-state index in [4.69, 9.17) is 11.5 Å². The lowest BCUT2D eigenvalue weighted by Gasteiger charge is -2.18. The maximum absolute atomic E-state index is 13.9. The smallest absolute Gasteiger partial charge is 0.241 e. The van der Waals surface area contributed by atoms with E-state index in [9.17, 15) is 12.8 Å². The zero-order chi connectivity index (χ0) is 19.6. The van der Waals surface area contributed by atoms with Crippen molar-refractivity contribution in [2.24, 2.45) is 11.5 Å². The molecule has 4 rings (SSSR count). The minimum Gasteiger partial charge on any atom is -0.324 e. The first kappa shape index (κ1) is 24.2. The van der Waals surface area contributed by atoms with Gasteiger partial charge in [0.1, 0.15) is 5.67 Å². The van der Waals surface area contributed by atoms with Gasteiger partial charge in [-0.3, -0.25) is 4.98 Å². The molecule has 2 aliphatic carbocycles. The van der Waals surface area contributed by atoms with Crippen molar-refractivity contribution in [3.8, 4) is 0 Å². The van der Waals surface area contributed by atoms with Gasteiger partial charge >= 0.3 is 0 Å². The second-order valence-corrected chi connectivity index (χ2v) is 10.0.